The first-order chi connectivity index (χ1) is 17.1. The van der Waals surface area contributed by atoms with Gasteiger partial charge in [0.05, 0.1) is 28.7 Å². The van der Waals surface area contributed by atoms with Crippen LogP contribution in [0.25, 0.3) is 0 Å². The average molecular weight is 515 g/mol. The van der Waals surface area contributed by atoms with Gasteiger partial charge in [0.2, 0.25) is 0 Å². The standard InChI is InChI=1S/C27H25F3N2O3S/c1-2-16-32(22-12-7-11-21(18-22)27(28,29)30)36(34,35)23-13-5-10-20(17-23)26(33)31-25-15-6-9-19-8-3-4-14-24(19)25/h2-5,7-8,10-14,17-18,25H,1,6,9,15-16H2,(H,31,33)/t25-/m0/s1. The Kier molecular flexibility index (Phi) is 7.21. The van der Waals surface area contributed by atoms with Crippen molar-refractivity contribution in [2.24, 2.45) is 0 Å². The van der Waals surface area contributed by atoms with Gasteiger partial charge in [0, 0.05) is 5.56 Å². The molecule has 1 atom stereocenters. The van der Waals surface area contributed by atoms with Crippen molar-refractivity contribution < 1.29 is 26.4 Å². The summed E-state index contributed by atoms with van der Waals surface area (Å²) in [6, 6.07) is 17.3. The largest absolute Gasteiger partial charge is 0.416 e. The molecule has 0 heterocycles. The Balaban J connectivity index is 1.63. The van der Waals surface area contributed by atoms with E-state index in [1.54, 1.807) is 0 Å². The average Bonchev–Trinajstić information content (AvgIpc) is 2.87. The highest BCUT2D eigenvalue weighted by Gasteiger charge is 2.32. The topological polar surface area (TPSA) is 66.5 Å². The molecule has 5 nitrogen and oxygen atoms in total. The number of benzene rings is 3. The highest BCUT2D eigenvalue weighted by molar-refractivity contribution is 7.92. The second-order valence-corrected chi connectivity index (χ2v) is 10.4. The summed E-state index contributed by atoms with van der Waals surface area (Å²) >= 11 is 0. The third-order valence-electron chi connectivity index (χ3n) is 6.12. The van der Waals surface area contributed by atoms with Gasteiger partial charge in [-0.1, -0.05) is 42.5 Å². The minimum Gasteiger partial charge on any atom is -0.345 e. The van der Waals surface area contributed by atoms with Gasteiger partial charge in [0.15, 0.2) is 0 Å². The number of aryl methyl sites for hydroxylation is 1. The van der Waals surface area contributed by atoms with Crippen molar-refractivity contribution in [3.05, 3.63) is 108 Å². The van der Waals surface area contributed by atoms with Gasteiger partial charge in [-0.25, -0.2) is 8.42 Å². The Labute approximate surface area is 208 Å². The maximum absolute atomic E-state index is 13.5. The van der Waals surface area contributed by atoms with Crippen LogP contribution in [0.15, 0.2) is 90.3 Å². The first kappa shape index (κ1) is 25.5. The van der Waals surface area contributed by atoms with Crippen LogP contribution in [0.1, 0.15) is 45.9 Å². The number of sulfonamides is 1. The number of fused-ring (bicyclic) bond motifs is 1. The molecule has 3 aromatic rings. The van der Waals surface area contributed by atoms with Crippen molar-refractivity contribution in [2.45, 2.75) is 36.4 Å². The van der Waals surface area contributed by atoms with E-state index in [1.807, 2.05) is 24.3 Å². The quantitative estimate of drug-likeness (QED) is 0.400. The second-order valence-electron chi connectivity index (χ2n) is 8.52. The molecule has 1 aliphatic carbocycles. The molecule has 0 saturated heterocycles. The van der Waals surface area contributed by atoms with Gasteiger partial charge in [-0.15, -0.1) is 6.58 Å². The molecule has 1 N–H and O–H groups in total. The number of halogens is 3. The van der Waals surface area contributed by atoms with Gasteiger partial charge < -0.3 is 5.32 Å². The predicted octanol–water partition coefficient (Wildman–Crippen LogP) is 5.89. The zero-order valence-corrected chi connectivity index (χ0v) is 20.1. The molecule has 0 radical (unpaired) electrons. The third-order valence-corrected chi connectivity index (χ3v) is 7.91. The van der Waals surface area contributed by atoms with E-state index in [2.05, 4.69) is 11.9 Å². The number of hydrogen-bond acceptors (Lipinski definition) is 3. The summed E-state index contributed by atoms with van der Waals surface area (Å²) in [5.74, 6) is -0.428. The first-order valence-corrected chi connectivity index (χ1v) is 12.8. The lowest BCUT2D eigenvalue weighted by Gasteiger charge is -2.26. The fraction of sp³-hybridized carbons (Fsp3) is 0.222. The Morgan fingerprint density at radius 2 is 1.81 bits per heavy atom. The lowest BCUT2D eigenvalue weighted by Crippen LogP contribution is -2.33. The molecule has 9 heteroatoms. The molecule has 0 saturated carbocycles. The van der Waals surface area contributed by atoms with Crippen LogP contribution in [0.4, 0.5) is 18.9 Å². The van der Waals surface area contributed by atoms with E-state index >= 15 is 0 Å². The molecule has 0 aliphatic heterocycles. The normalized spacial score (nSPS) is 15.6. The minimum atomic E-state index is -4.63. The zero-order chi connectivity index (χ0) is 25.9. The highest BCUT2D eigenvalue weighted by Crippen LogP contribution is 2.34. The minimum absolute atomic E-state index is 0.140. The fourth-order valence-electron chi connectivity index (χ4n) is 4.37. The molecular formula is C27H25F3N2O3S. The number of nitrogens with one attached hydrogen (secondary N) is 1. The van der Waals surface area contributed by atoms with E-state index in [9.17, 15) is 26.4 Å². The molecule has 1 aliphatic rings. The monoisotopic (exact) mass is 514 g/mol. The molecule has 4 rings (SSSR count). The number of alkyl halides is 3. The van der Waals surface area contributed by atoms with Crippen molar-refractivity contribution in [3.8, 4) is 0 Å². The molecule has 3 aromatic carbocycles. The molecule has 0 bridgehead atoms. The number of anilines is 1. The van der Waals surface area contributed by atoms with Gasteiger partial charge in [-0.2, -0.15) is 13.2 Å². The number of carbonyl (C=O) groups is 1. The lowest BCUT2D eigenvalue weighted by atomic mass is 9.87. The van der Waals surface area contributed by atoms with Gasteiger partial charge in [-0.3, -0.25) is 9.10 Å². The zero-order valence-electron chi connectivity index (χ0n) is 19.3. The third kappa shape index (κ3) is 5.31. The molecular weight excluding hydrogens is 489 g/mol. The Morgan fingerprint density at radius 3 is 2.56 bits per heavy atom. The van der Waals surface area contributed by atoms with Crippen LogP contribution in [0.5, 0.6) is 0 Å². The summed E-state index contributed by atoms with van der Waals surface area (Å²) in [6.45, 7) is 3.29. The van der Waals surface area contributed by atoms with Crippen molar-refractivity contribution in [3.63, 3.8) is 0 Å². The molecule has 0 aromatic heterocycles. The number of carbonyl (C=O) groups excluding carboxylic acids is 1. The van der Waals surface area contributed by atoms with Gasteiger partial charge in [-0.05, 0) is 66.8 Å². The van der Waals surface area contributed by atoms with Crippen molar-refractivity contribution in [1.29, 1.82) is 0 Å². The van der Waals surface area contributed by atoms with Gasteiger partial charge in [0.25, 0.3) is 15.9 Å². The maximum atomic E-state index is 13.5. The first-order valence-electron chi connectivity index (χ1n) is 11.4. The Morgan fingerprint density at radius 1 is 1.06 bits per heavy atom. The summed E-state index contributed by atoms with van der Waals surface area (Å²) < 4.78 is 67.5. The van der Waals surface area contributed by atoms with Gasteiger partial charge in [0.1, 0.15) is 0 Å². The Bertz CT molecular complexity index is 1390. The fourth-order valence-corrected chi connectivity index (χ4v) is 5.84. The molecule has 188 valence electrons. The second kappa shape index (κ2) is 10.2. The molecule has 36 heavy (non-hydrogen) atoms. The number of rotatable bonds is 7. The maximum Gasteiger partial charge on any atom is 0.416 e. The van der Waals surface area contributed by atoms with Crippen LogP contribution >= 0.6 is 0 Å². The molecule has 1 amide bonds. The van der Waals surface area contributed by atoms with Crippen LogP contribution in [-0.4, -0.2) is 20.9 Å². The van der Waals surface area contributed by atoms with E-state index in [0.29, 0.717) is 0 Å². The summed E-state index contributed by atoms with van der Waals surface area (Å²) in [5, 5.41) is 2.99. The van der Waals surface area contributed by atoms with E-state index < -0.39 is 27.7 Å². The molecule has 0 spiro atoms. The van der Waals surface area contributed by atoms with E-state index in [1.165, 1.54) is 42.0 Å². The van der Waals surface area contributed by atoms with Gasteiger partial charge >= 0.3 is 6.18 Å². The summed E-state index contributed by atoms with van der Waals surface area (Å²) in [7, 11) is -4.30. The van der Waals surface area contributed by atoms with Crippen LogP contribution in [0.2, 0.25) is 0 Å². The van der Waals surface area contributed by atoms with Crippen LogP contribution in [0.3, 0.4) is 0 Å². The van der Waals surface area contributed by atoms with Crippen LogP contribution in [0, 0.1) is 0 Å². The van der Waals surface area contributed by atoms with Crippen molar-refractivity contribution in [2.75, 3.05) is 10.8 Å². The van der Waals surface area contributed by atoms with E-state index in [-0.39, 0.29) is 28.7 Å². The number of amides is 1. The molecule has 0 fully saturated rings. The highest BCUT2D eigenvalue weighted by atomic mass is 32.2. The van der Waals surface area contributed by atoms with Crippen molar-refractivity contribution in [1.82, 2.24) is 5.32 Å². The Hall–Kier alpha value is -3.59. The number of hydrogen-bond donors (Lipinski definition) is 1. The SMILES string of the molecule is C=CCN(c1cccc(C(F)(F)F)c1)S(=O)(=O)c1cccc(C(=O)N[C@H]2CCCc3ccccc32)c1. The summed E-state index contributed by atoms with van der Waals surface area (Å²) in [6.07, 6.45) is -0.720. The van der Waals surface area contributed by atoms with E-state index in [0.717, 1.165) is 47.3 Å². The summed E-state index contributed by atoms with van der Waals surface area (Å²) in [5.41, 5.74) is 1.24. The molecule has 0 unspecified atom stereocenters. The van der Waals surface area contributed by atoms with E-state index in [4.69, 9.17) is 0 Å². The predicted molar refractivity (Wildman–Crippen MR) is 132 cm³/mol. The van der Waals surface area contributed by atoms with Crippen molar-refractivity contribution >= 4 is 21.6 Å². The smallest absolute Gasteiger partial charge is 0.345 e. The lowest BCUT2D eigenvalue weighted by molar-refractivity contribution is -0.137. The van der Waals surface area contributed by atoms with Crippen LogP contribution < -0.4 is 9.62 Å². The summed E-state index contributed by atoms with van der Waals surface area (Å²) in [4.78, 5) is 12.9. The van der Waals surface area contributed by atoms with Crippen LogP contribution in [-0.2, 0) is 22.6 Å². The number of nitrogens with zero attached hydrogens (tertiary/aromatic N) is 1.